The lowest BCUT2D eigenvalue weighted by molar-refractivity contribution is 0.129. The van der Waals surface area contributed by atoms with E-state index in [1.165, 1.54) is 32.1 Å². The number of piperidine rings is 1. The van der Waals surface area contributed by atoms with Crippen molar-refractivity contribution in [1.82, 2.24) is 10.2 Å². The van der Waals surface area contributed by atoms with Crippen LogP contribution in [0.1, 0.15) is 52.9 Å². The minimum absolute atomic E-state index is 0.442. The van der Waals surface area contributed by atoms with Gasteiger partial charge in [0.25, 0.3) is 0 Å². The molecule has 1 saturated heterocycles. The van der Waals surface area contributed by atoms with Crippen LogP contribution in [0.3, 0.4) is 0 Å². The molecule has 2 fully saturated rings. The largest absolute Gasteiger partial charge is 0.382 e. The second-order valence-electron chi connectivity index (χ2n) is 6.81. The number of guanidine groups is 1. The van der Waals surface area contributed by atoms with Crippen molar-refractivity contribution in [3.8, 4) is 0 Å². The molecule has 0 spiro atoms. The van der Waals surface area contributed by atoms with Crippen LogP contribution in [0.25, 0.3) is 0 Å². The molecule has 1 unspecified atom stereocenters. The minimum atomic E-state index is 0.442. The summed E-state index contributed by atoms with van der Waals surface area (Å²) in [7, 11) is 0. The van der Waals surface area contributed by atoms with Crippen molar-refractivity contribution in [3.05, 3.63) is 0 Å². The molecule has 1 heterocycles. The van der Waals surface area contributed by atoms with E-state index < -0.39 is 0 Å². The summed E-state index contributed by atoms with van der Waals surface area (Å²) in [6, 6.07) is 0. The van der Waals surface area contributed by atoms with E-state index in [-0.39, 0.29) is 0 Å². The van der Waals surface area contributed by atoms with Crippen molar-refractivity contribution in [2.45, 2.75) is 52.9 Å². The Labute approximate surface area is 130 Å². The summed E-state index contributed by atoms with van der Waals surface area (Å²) in [5.41, 5.74) is 0.442. The summed E-state index contributed by atoms with van der Waals surface area (Å²) in [4.78, 5) is 7.42. The van der Waals surface area contributed by atoms with Crippen LogP contribution in [-0.2, 0) is 4.74 Å². The van der Waals surface area contributed by atoms with E-state index in [0.29, 0.717) is 5.41 Å². The van der Waals surface area contributed by atoms with Crippen LogP contribution in [0.4, 0.5) is 0 Å². The Morgan fingerprint density at radius 3 is 2.81 bits per heavy atom. The zero-order valence-corrected chi connectivity index (χ0v) is 14.2. The van der Waals surface area contributed by atoms with E-state index in [9.17, 15) is 0 Å². The van der Waals surface area contributed by atoms with Gasteiger partial charge in [0.1, 0.15) is 0 Å². The standard InChI is InChI=1S/C17H33N3O/c1-4-18-16(20-11-6-7-15(3)13-20)19-14-17(8-9-17)10-12-21-5-2/h15H,4-14H2,1-3H3,(H,18,19). The van der Waals surface area contributed by atoms with E-state index in [0.717, 1.165) is 51.3 Å². The predicted molar refractivity (Wildman–Crippen MR) is 88.7 cm³/mol. The van der Waals surface area contributed by atoms with Gasteiger partial charge in [-0.3, -0.25) is 4.99 Å². The summed E-state index contributed by atoms with van der Waals surface area (Å²) in [6.45, 7) is 12.5. The smallest absolute Gasteiger partial charge is 0.193 e. The first-order valence-electron chi connectivity index (χ1n) is 8.80. The van der Waals surface area contributed by atoms with Gasteiger partial charge < -0.3 is 15.0 Å². The highest BCUT2D eigenvalue weighted by Gasteiger charge is 2.42. The zero-order valence-electron chi connectivity index (χ0n) is 14.2. The van der Waals surface area contributed by atoms with E-state index in [1.807, 2.05) is 0 Å². The van der Waals surface area contributed by atoms with Gasteiger partial charge in [0, 0.05) is 39.4 Å². The van der Waals surface area contributed by atoms with Crippen LogP contribution >= 0.6 is 0 Å². The van der Waals surface area contributed by atoms with Gasteiger partial charge in [-0.2, -0.15) is 0 Å². The molecular weight excluding hydrogens is 262 g/mol. The third kappa shape index (κ3) is 5.17. The number of ether oxygens (including phenoxy) is 1. The quantitative estimate of drug-likeness (QED) is 0.446. The Hall–Kier alpha value is -0.770. The first-order chi connectivity index (χ1) is 10.2. The van der Waals surface area contributed by atoms with E-state index in [2.05, 4.69) is 31.0 Å². The van der Waals surface area contributed by atoms with E-state index >= 15 is 0 Å². The molecular formula is C17H33N3O. The third-order valence-electron chi connectivity index (χ3n) is 4.79. The lowest BCUT2D eigenvalue weighted by Crippen LogP contribution is -2.46. The zero-order chi connectivity index (χ0) is 15.1. The monoisotopic (exact) mass is 295 g/mol. The Morgan fingerprint density at radius 1 is 1.38 bits per heavy atom. The fourth-order valence-electron chi connectivity index (χ4n) is 3.15. The molecule has 21 heavy (non-hydrogen) atoms. The number of aliphatic imine (C=N–C) groups is 1. The van der Waals surface area contributed by atoms with Gasteiger partial charge in [-0.1, -0.05) is 6.92 Å². The maximum atomic E-state index is 5.52. The van der Waals surface area contributed by atoms with Crippen LogP contribution in [0, 0.1) is 11.3 Å². The van der Waals surface area contributed by atoms with Crippen LogP contribution in [0.15, 0.2) is 4.99 Å². The molecule has 0 radical (unpaired) electrons. The van der Waals surface area contributed by atoms with E-state index in [1.54, 1.807) is 0 Å². The van der Waals surface area contributed by atoms with Crippen molar-refractivity contribution in [1.29, 1.82) is 0 Å². The number of rotatable bonds is 7. The molecule has 1 N–H and O–H groups in total. The maximum Gasteiger partial charge on any atom is 0.193 e. The van der Waals surface area contributed by atoms with Gasteiger partial charge in [-0.15, -0.1) is 0 Å². The van der Waals surface area contributed by atoms with Crippen molar-refractivity contribution in [3.63, 3.8) is 0 Å². The van der Waals surface area contributed by atoms with Crippen LogP contribution in [-0.4, -0.2) is 50.3 Å². The summed E-state index contributed by atoms with van der Waals surface area (Å²) < 4.78 is 5.52. The average Bonchev–Trinajstić information content (AvgIpc) is 3.24. The normalized spacial score (nSPS) is 25.0. The van der Waals surface area contributed by atoms with Crippen LogP contribution in [0.5, 0.6) is 0 Å². The second-order valence-corrected chi connectivity index (χ2v) is 6.81. The number of nitrogens with zero attached hydrogens (tertiary/aromatic N) is 2. The van der Waals surface area contributed by atoms with Crippen molar-refractivity contribution < 1.29 is 4.74 Å². The molecule has 122 valence electrons. The molecule has 0 aromatic heterocycles. The summed E-state index contributed by atoms with van der Waals surface area (Å²) in [5, 5.41) is 3.49. The molecule has 1 aliphatic heterocycles. The first-order valence-corrected chi connectivity index (χ1v) is 8.80. The number of hydrogen-bond donors (Lipinski definition) is 1. The maximum absolute atomic E-state index is 5.52. The van der Waals surface area contributed by atoms with Crippen molar-refractivity contribution in [2.24, 2.45) is 16.3 Å². The molecule has 1 atom stereocenters. The number of nitrogens with one attached hydrogen (secondary N) is 1. The molecule has 0 aromatic carbocycles. The van der Waals surface area contributed by atoms with E-state index in [4.69, 9.17) is 9.73 Å². The Morgan fingerprint density at radius 2 is 2.19 bits per heavy atom. The minimum Gasteiger partial charge on any atom is -0.382 e. The molecule has 4 heteroatoms. The molecule has 0 amide bonds. The van der Waals surface area contributed by atoms with Gasteiger partial charge in [0.2, 0.25) is 0 Å². The second kappa shape index (κ2) is 8.02. The van der Waals surface area contributed by atoms with Crippen molar-refractivity contribution in [2.75, 3.05) is 39.4 Å². The SMILES string of the molecule is CCNC(=NCC1(CCOCC)CC1)N1CCCC(C)C1. The topological polar surface area (TPSA) is 36.9 Å². The molecule has 1 aliphatic carbocycles. The molecule has 4 nitrogen and oxygen atoms in total. The first kappa shape index (κ1) is 16.6. The third-order valence-corrected chi connectivity index (χ3v) is 4.79. The summed E-state index contributed by atoms with van der Waals surface area (Å²) >= 11 is 0. The highest BCUT2D eigenvalue weighted by atomic mass is 16.5. The van der Waals surface area contributed by atoms with Gasteiger partial charge in [0.15, 0.2) is 5.96 Å². The van der Waals surface area contributed by atoms with Gasteiger partial charge in [-0.25, -0.2) is 0 Å². The summed E-state index contributed by atoms with van der Waals surface area (Å²) in [5.74, 6) is 1.92. The van der Waals surface area contributed by atoms with Gasteiger partial charge in [0.05, 0.1) is 0 Å². The Balaban J connectivity index is 1.88. The average molecular weight is 295 g/mol. The molecule has 0 aromatic rings. The highest BCUT2D eigenvalue weighted by molar-refractivity contribution is 5.80. The summed E-state index contributed by atoms with van der Waals surface area (Å²) in [6.07, 6.45) is 6.45. The lowest BCUT2D eigenvalue weighted by Gasteiger charge is -2.33. The molecule has 2 aliphatic rings. The Bertz CT molecular complexity index is 339. The fraction of sp³-hybridized carbons (Fsp3) is 0.941. The number of likely N-dealkylation sites (tertiary alicyclic amines) is 1. The molecule has 2 rings (SSSR count). The predicted octanol–water partition coefficient (Wildman–Crippen LogP) is 2.89. The highest BCUT2D eigenvalue weighted by Crippen LogP contribution is 2.49. The molecule has 0 bridgehead atoms. The molecule has 1 saturated carbocycles. The van der Waals surface area contributed by atoms with Gasteiger partial charge >= 0.3 is 0 Å². The Kier molecular flexibility index (Phi) is 6.34. The van der Waals surface area contributed by atoms with Crippen LogP contribution in [0.2, 0.25) is 0 Å². The fourth-order valence-corrected chi connectivity index (χ4v) is 3.15. The lowest BCUT2D eigenvalue weighted by atomic mass is 10.0. The van der Waals surface area contributed by atoms with Gasteiger partial charge in [-0.05, 0) is 57.3 Å². The van der Waals surface area contributed by atoms with Crippen LogP contribution < -0.4 is 5.32 Å². The van der Waals surface area contributed by atoms with Crippen molar-refractivity contribution >= 4 is 5.96 Å². The number of hydrogen-bond acceptors (Lipinski definition) is 2.